The highest BCUT2D eigenvalue weighted by Crippen LogP contribution is 2.42. The number of aromatic nitrogens is 4. The number of rotatable bonds is 7. The highest BCUT2D eigenvalue weighted by Gasteiger charge is 2.30. The average molecular weight is 571 g/mol. The van der Waals surface area contributed by atoms with Crippen LogP contribution in [0.5, 0.6) is 0 Å². The van der Waals surface area contributed by atoms with Crippen molar-refractivity contribution in [3.8, 4) is 11.1 Å². The Balaban J connectivity index is 1.50. The van der Waals surface area contributed by atoms with Crippen LogP contribution in [0.15, 0.2) is 72.6 Å². The zero-order valence-electron chi connectivity index (χ0n) is 21.6. The number of nitrogens with one attached hydrogen (secondary N) is 3. The van der Waals surface area contributed by atoms with E-state index in [1.54, 1.807) is 48.2 Å². The third-order valence-corrected chi connectivity index (χ3v) is 7.39. The van der Waals surface area contributed by atoms with Crippen LogP contribution in [0.25, 0.3) is 17.2 Å². The molecule has 0 bridgehead atoms. The van der Waals surface area contributed by atoms with Gasteiger partial charge in [0.1, 0.15) is 23.3 Å². The second-order valence-electron chi connectivity index (χ2n) is 9.28. The van der Waals surface area contributed by atoms with Crippen LogP contribution in [-0.4, -0.2) is 30.9 Å². The Kier molecular flexibility index (Phi) is 7.00. The number of amides is 1. The molecular weight excluding hydrogens is 548 g/mol. The molecule has 206 valence electrons. The molecule has 6 rings (SSSR count). The molecule has 1 aliphatic rings. The summed E-state index contributed by atoms with van der Waals surface area (Å²) in [7, 11) is 0. The van der Waals surface area contributed by atoms with Gasteiger partial charge in [0, 0.05) is 35.1 Å². The minimum atomic E-state index is -1.38. The van der Waals surface area contributed by atoms with Crippen LogP contribution >= 0.6 is 11.3 Å². The first-order chi connectivity index (χ1) is 19.9. The fourth-order valence-electron chi connectivity index (χ4n) is 4.74. The van der Waals surface area contributed by atoms with Crippen molar-refractivity contribution < 1.29 is 13.6 Å². The summed E-state index contributed by atoms with van der Waals surface area (Å²) >= 11 is 1.30. The molecule has 2 aromatic carbocycles. The lowest BCUT2D eigenvalue weighted by atomic mass is 9.88. The van der Waals surface area contributed by atoms with Crippen molar-refractivity contribution in [2.75, 3.05) is 10.6 Å². The van der Waals surface area contributed by atoms with Gasteiger partial charge in [0.25, 0.3) is 5.91 Å². The Morgan fingerprint density at radius 3 is 2.68 bits per heavy atom. The molecule has 3 aromatic heterocycles. The van der Waals surface area contributed by atoms with Gasteiger partial charge >= 0.3 is 0 Å². The number of carbonyl (C=O) groups excluding carboxylic acids is 1. The van der Waals surface area contributed by atoms with E-state index in [2.05, 4.69) is 30.6 Å². The number of hydroxylamine groups is 2. The smallest absolute Gasteiger partial charge is 0.257 e. The average Bonchev–Trinajstić information content (AvgIpc) is 3.67. The second-order valence-corrected chi connectivity index (χ2v) is 10.2. The number of hydrogen-bond acceptors (Lipinski definition) is 8. The maximum Gasteiger partial charge on any atom is 0.257 e. The molecule has 1 atom stereocenters. The molecule has 1 aliphatic heterocycles. The summed E-state index contributed by atoms with van der Waals surface area (Å²) in [6, 6.07) is 9.13. The summed E-state index contributed by atoms with van der Waals surface area (Å²) in [5, 5.41) is 21.8. The number of aryl methyl sites for hydroxylation is 1. The molecule has 0 radical (unpaired) electrons. The van der Waals surface area contributed by atoms with Crippen LogP contribution in [0.1, 0.15) is 44.6 Å². The van der Waals surface area contributed by atoms with Crippen LogP contribution in [0.4, 0.5) is 19.7 Å². The van der Waals surface area contributed by atoms with Crippen molar-refractivity contribution in [1.29, 1.82) is 0 Å². The molecule has 0 fully saturated rings. The Morgan fingerprint density at radius 1 is 1.12 bits per heavy atom. The van der Waals surface area contributed by atoms with Crippen molar-refractivity contribution in [2.24, 2.45) is 0 Å². The second kappa shape index (κ2) is 10.9. The summed E-state index contributed by atoms with van der Waals surface area (Å²) in [6.45, 7) is 2.17. The predicted molar refractivity (Wildman–Crippen MR) is 153 cm³/mol. The number of halogens is 2. The molecule has 4 heterocycles. The van der Waals surface area contributed by atoms with Gasteiger partial charge in [-0.3, -0.25) is 10.1 Å². The van der Waals surface area contributed by atoms with E-state index in [4.69, 9.17) is 0 Å². The molecule has 0 aliphatic carbocycles. The van der Waals surface area contributed by atoms with E-state index in [9.17, 15) is 18.8 Å². The fraction of sp³-hybridized carbons (Fsp3) is 0.103. The number of aromatic amines is 1. The van der Waals surface area contributed by atoms with Crippen LogP contribution < -0.4 is 10.6 Å². The number of anilines is 2. The number of thiazole rings is 1. The maximum atomic E-state index is 15.0. The molecule has 41 heavy (non-hydrogen) atoms. The standard InChI is InChI=1S/C29H22F2N7O2S/c1-16-5-6-17(28(39)37-29-34-10-12-41-29)13-19(16)20-14-23(35-15-24-32-8-9-33-24)36-26-18(20)7-11-38(40)27(26)25-21(30)3-2-4-22(25)31/h2-14,27H,15H2,1H3,(H,32,33)(H,35,36)(H,34,37,39)/q-1. The van der Waals surface area contributed by atoms with E-state index in [-0.39, 0.29) is 18.1 Å². The van der Waals surface area contributed by atoms with Gasteiger partial charge in [0.15, 0.2) is 5.13 Å². The first-order valence-corrected chi connectivity index (χ1v) is 13.4. The number of fused-ring (bicyclic) bond motifs is 1. The van der Waals surface area contributed by atoms with Crippen molar-refractivity contribution in [2.45, 2.75) is 19.5 Å². The van der Waals surface area contributed by atoms with Gasteiger partial charge in [0.2, 0.25) is 0 Å². The number of imidazole rings is 1. The van der Waals surface area contributed by atoms with E-state index < -0.39 is 23.2 Å². The van der Waals surface area contributed by atoms with E-state index in [0.29, 0.717) is 44.1 Å². The minimum Gasteiger partial charge on any atom is -0.758 e. The van der Waals surface area contributed by atoms with E-state index in [0.717, 1.165) is 17.7 Å². The molecule has 1 unspecified atom stereocenters. The summed E-state index contributed by atoms with van der Waals surface area (Å²) in [5.41, 5.74) is 2.82. The Hall–Kier alpha value is -4.94. The summed E-state index contributed by atoms with van der Waals surface area (Å²) in [5.74, 6) is -1.05. The van der Waals surface area contributed by atoms with Crippen LogP contribution in [-0.2, 0) is 6.54 Å². The van der Waals surface area contributed by atoms with Crippen molar-refractivity contribution >= 4 is 34.3 Å². The Labute approximate surface area is 237 Å². The van der Waals surface area contributed by atoms with Gasteiger partial charge < -0.3 is 20.6 Å². The quantitative estimate of drug-likeness (QED) is 0.211. The fourth-order valence-corrected chi connectivity index (χ4v) is 5.26. The molecule has 5 aromatic rings. The Morgan fingerprint density at radius 2 is 1.95 bits per heavy atom. The summed E-state index contributed by atoms with van der Waals surface area (Å²) in [4.78, 5) is 29.0. The predicted octanol–water partition coefficient (Wildman–Crippen LogP) is 6.25. The molecule has 0 spiro atoms. The summed E-state index contributed by atoms with van der Waals surface area (Å²) < 4.78 is 30.0. The summed E-state index contributed by atoms with van der Waals surface area (Å²) in [6.07, 6.45) is 7.70. The molecule has 9 nitrogen and oxygen atoms in total. The van der Waals surface area contributed by atoms with Gasteiger partial charge in [-0.2, -0.15) is 0 Å². The number of H-pyrrole nitrogens is 1. The monoisotopic (exact) mass is 570 g/mol. The highest BCUT2D eigenvalue weighted by molar-refractivity contribution is 7.13. The molecular formula is C29H22F2N7O2S-. The SMILES string of the molecule is Cc1ccc(C(=O)Nc2nccs2)cc1-c1cc(NCc2ncc[nH]2)nc2c1C=CN([O-])C2c1c(F)cccc1F. The topological polar surface area (TPSA) is 122 Å². The third kappa shape index (κ3) is 5.17. The van der Waals surface area contributed by atoms with Crippen LogP contribution in [0.3, 0.4) is 0 Å². The third-order valence-electron chi connectivity index (χ3n) is 6.70. The molecule has 3 N–H and O–H groups in total. The highest BCUT2D eigenvalue weighted by atomic mass is 32.1. The molecule has 1 amide bonds. The normalized spacial score (nSPS) is 14.1. The lowest BCUT2D eigenvalue weighted by molar-refractivity contribution is 0.102. The van der Waals surface area contributed by atoms with Gasteiger partial charge in [-0.05, 0) is 66.2 Å². The number of pyridine rings is 1. The number of hydrogen-bond donors (Lipinski definition) is 3. The maximum absolute atomic E-state index is 15.0. The molecule has 12 heteroatoms. The number of nitrogens with zero attached hydrogens (tertiary/aromatic N) is 4. The zero-order valence-corrected chi connectivity index (χ0v) is 22.4. The van der Waals surface area contributed by atoms with E-state index in [1.165, 1.54) is 23.6 Å². The largest absolute Gasteiger partial charge is 0.758 e. The van der Waals surface area contributed by atoms with Crippen molar-refractivity contribution in [3.63, 3.8) is 0 Å². The van der Waals surface area contributed by atoms with E-state index in [1.807, 2.05) is 13.0 Å². The lowest BCUT2D eigenvalue weighted by Crippen LogP contribution is -2.26. The van der Waals surface area contributed by atoms with Gasteiger partial charge in [-0.25, -0.2) is 23.7 Å². The Bertz CT molecular complexity index is 1740. The van der Waals surface area contributed by atoms with Gasteiger partial charge in [0.05, 0.1) is 23.8 Å². The molecule has 0 saturated heterocycles. The number of benzene rings is 2. The van der Waals surface area contributed by atoms with Crippen molar-refractivity contribution in [1.82, 2.24) is 25.0 Å². The van der Waals surface area contributed by atoms with Gasteiger partial charge in [-0.1, -0.05) is 12.1 Å². The first kappa shape index (κ1) is 26.3. The zero-order chi connectivity index (χ0) is 28.5. The van der Waals surface area contributed by atoms with Gasteiger partial charge in [-0.15, -0.1) is 11.3 Å². The lowest BCUT2D eigenvalue weighted by Gasteiger charge is -2.40. The number of carbonyl (C=O) groups is 1. The van der Waals surface area contributed by atoms with Crippen molar-refractivity contribution in [3.05, 3.63) is 123 Å². The first-order valence-electron chi connectivity index (χ1n) is 12.6. The van der Waals surface area contributed by atoms with E-state index >= 15 is 0 Å². The van der Waals surface area contributed by atoms with Crippen LogP contribution in [0.2, 0.25) is 0 Å². The minimum absolute atomic E-state index is 0.169. The molecule has 0 saturated carbocycles. The van der Waals surface area contributed by atoms with Crippen LogP contribution in [0, 0.1) is 23.8 Å².